The second-order valence-electron chi connectivity index (χ2n) is 3.05. The van der Waals surface area contributed by atoms with Crippen LogP contribution in [0.1, 0.15) is 20.3 Å². The number of nitrogens with two attached hydrogens (primary N) is 1. The van der Waals surface area contributed by atoms with Crippen LogP contribution in [-0.2, 0) is 9.63 Å². The SMILES string of the molecule is CON=CC(C)(C)CC(N)=O. The highest BCUT2D eigenvalue weighted by Gasteiger charge is 2.17. The highest BCUT2D eigenvalue weighted by molar-refractivity contribution is 5.79. The molecule has 4 heteroatoms. The van der Waals surface area contributed by atoms with E-state index in [4.69, 9.17) is 5.73 Å². The van der Waals surface area contributed by atoms with Crippen molar-refractivity contribution in [1.29, 1.82) is 0 Å². The van der Waals surface area contributed by atoms with Gasteiger partial charge in [-0.25, -0.2) is 0 Å². The van der Waals surface area contributed by atoms with Gasteiger partial charge in [0.15, 0.2) is 0 Å². The van der Waals surface area contributed by atoms with Crippen LogP contribution in [0.4, 0.5) is 0 Å². The van der Waals surface area contributed by atoms with Crippen LogP contribution in [0.2, 0.25) is 0 Å². The van der Waals surface area contributed by atoms with Crippen molar-refractivity contribution in [3.8, 4) is 0 Å². The molecular formula is C7H14N2O2. The number of hydrogen-bond acceptors (Lipinski definition) is 3. The fourth-order valence-electron chi connectivity index (χ4n) is 0.690. The summed E-state index contributed by atoms with van der Waals surface area (Å²) in [6, 6.07) is 0. The summed E-state index contributed by atoms with van der Waals surface area (Å²) in [4.78, 5) is 15.0. The monoisotopic (exact) mass is 158 g/mol. The number of rotatable bonds is 4. The minimum absolute atomic E-state index is 0.278. The Kier molecular flexibility index (Phi) is 3.57. The van der Waals surface area contributed by atoms with Crippen molar-refractivity contribution in [2.45, 2.75) is 20.3 Å². The first-order valence-corrected chi connectivity index (χ1v) is 3.34. The van der Waals surface area contributed by atoms with E-state index in [9.17, 15) is 4.79 Å². The molecule has 0 fully saturated rings. The summed E-state index contributed by atoms with van der Waals surface area (Å²) in [5, 5.41) is 3.56. The Morgan fingerprint density at radius 2 is 2.27 bits per heavy atom. The maximum absolute atomic E-state index is 10.5. The van der Waals surface area contributed by atoms with Crippen molar-refractivity contribution in [2.24, 2.45) is 16.3 Å². The molecule has 0 heterocycles. The van der Waals surface area contributed by atoms with E-state index >= 15 is 0 Å². The molecule has 11 heavy (non-hydrogen) atoms. The summed E-state index contributed by atoms with van der Waals surface area (Å²) in [7, 11) is 1.46. The summed E-state index contributed by atoms with van der Waals surface area (Å²) < 4.78 is 0. The first-order valence-electron chi connectivity index (χ1n) is 3.34. The van der Waals surface area contributed by atoms with Gasteiger partial charge in [0.1, 0.15) is 7.11 Å². The van der Waals surface area contributed by atoms with Crippen molar-refractivity contribution < 1.29 is 9.63 Å². The van der Waals surface area contributed by atoms with E-state index in [0.717, 1.165) is 0 Å². The summed E-state index contributed by atoms with van der Waals surface area (Å²) in [6.07, 6.45) is 1.84. The Morgan fingerprint density at radius 3 is 2.64 bits per heavy atom. The molecule has 2 N–H and O–H groups in total. The van der Waals surface area contributed by atoms with Gasteiger partial charge in [-0.15, -0.1) is 0 Å². The van der Waals surface area contributed by atoms with Crippen molar-refractivity contribution in [2.75, 3.05) is 7.11 Å². The molecule has 0 spiro atoms. The largest absolute Gasteiger partial charge is 0.399 e. The van der Waals surface area contributed by atoms with Crippen LogP contribution in [0, 0.1) is 5.41 Å². The fourth-order valence-corrected chi connectivity index (χ4v) is 0.690. The highest BCUT2D eigenvalue weighted by Crippen LogP contribution is 2.16. The normalized spacial score (nSPS) is 11.9. The van der Waals surface area contributed by atoms with Gasteiger partial charge in [0.05, 0.1) is 0 Å². The van der Waals surface area contributed by atoms with Crippen molar-refractivity contribution in [3.63, 3.8) is 0 Å². The van der Waals surface area contributed by atoms with Gasteiger partial charge in [0.2, 0.25) is 5.91 Å². The third-order valence-electron chi connectivity index (χ3n) is 1.14. The van der Waals surface area contributed by atoms with E-state index in [2.05, 4.69) is 9.99 Å². The smallest absolute Gasteiger partial charge is 0.218 e. The number of carbonyl (C=O) groups excluding carboxylic acids is 1. The number of carbonyl (C=O) groups is 1. The second-order valence-corrected chi connectivity index (χ2v) is 3.05. The van der Waals surface area contributed by atoms with E-state index in [0.29, 0.717) is 0 Å². The summed E-state index contributed by atoms with van der Waals surface area (Å²) in [5.41, 5.74) is 4.69. The van der Waals surface area contributed by atoms with Gasteiger partial charge in [-0.05, 0) is 0 Å². The van der Waals surface area contributed by atoms with Gasteiger partial charge in [0, 0.05) is 18.1 Å². The van der Waals surface area contributed by atoms with Gasteiger partial charge in [-0.3, -0.25) is 4.79 Å². The number of oxime groups is 1. The molecule has 0 aliphatic heterocycles. The van der Waals surface area contributed by atoms with Gasteiger partial charge >= 0.3 is 0 Å². The maximum atomic E-state index is 10.5. The molecule has 0 aliphatic rings. The molecule has 4 nitrogen and oxygen atoms in total. The van der Waals surface area contributed by atoms with Crippen LogP contribution in [0.5, 0.6) is 0 Å². The summed E-state index contributed by atoms with van der Waals surface area (Å²) in [6.45, 7) is 3.72. The third-order valence-corrected chi connectivity index (χ3v) is 1.14. The van der Waals surface area contributed by atoms with Crippen LogP contribution in [0.25, 0.3) is 0 Å². The van der Waals surface area contributed by atoms with Gasteiger partial charge < -0.3 is 10.6 Å². The molecule has 64 valence electrons. The number of nitrogens with zero attached hydrogens (tertiary/aromatic N) is 1. The lowest BCUT2D eigenvalue weighted by atomic mass is 9.91. The highest BCUT2D eigenvalue weighted by atomic mass is 16.6. The molecule has 0 atom stereocenters. The second kappa shape index (κ2) is 3.95. The molecule has 1 amide bonds. The van der Waals surface area contributed by atoms with Crippen LogP contribution in [0.3, 0.4) is 0 Å². The molecule has 0 saturated carbocycles. The Labute approximate surface area is 66.4 Å². The van der Waals surface area contributed by atoms with E-state index in [-0.39, 0.29) is 17.7 Å². The molecule has 0 rings (SSSR count). The summed E-state index contributed by atoms with van der Waals surface area (Å²) in [5.74, 6) is -0.336. The molecule has 0 radical (unpaired) electrons. The predicted molar refractivity (Wildman–Crippen MR) is 43.1 cm³/mol. The Bertz CT molecular complexity index is 164. The minimum atomic E-state index is -0.336. The molecule has 0 aromatic heterocycles. The Morgan fingerprint density at radius 1 is 1.73 bits per heavy atom. The molecule has 0 aromatic rings. The maximum Gasteiger partial charge on any atom is 0.218 e. The zero-order chi connectivity index (χ0) is 8.91. The topological polar surface area (TPSA) is 64.7 Å². The van der Waals surface area contributed by atoms with Crippen molar-refractivity contribution >= 4 is 12.1 Å². The van der Waals surface area contributed by atoms with Crippen molar-refractivity contribution in [1.82, 2.24) is 0 Å². The van der Waals surface area contributed by atoms with Crippen LogP contribution >= 0.6 is 0 Å². The zero-order valence-corrected chi connectivity index (χ0v) is 7.13. The first kappa shape index (κ1) is 9.94. The predicted octanol–water partition coefficient (Wildman–Crippen LogP) is 0.520. The molecule has 0 bridgehead atoms. The molecule has 0 saturated heterocycles. The van der Waals surface area contributed by atoms with E-state index in [1.54, 1.807) is 6.21 Å². The molecule has 0 aromatic carbocycles. The average Bonchev–Trinajstić information content (AvgIpc) is 1.81. The van der Waals surface area contributed by atoms with Crippen LogP contribution in [0.15, 0.2) is 5.16 Å². The first-order chi connectivity index (χ1) is 4.98. The summed E-state index contributed by atoms with van der Waals surface area (Å²) >= 11 is 0. The van der Waals surface area contributed by atoms with Gasteiger partial charge in [-0.1, -0.05) is 19.0 Å². The molecular weight excluding hydrogens is 144 g/mol. The quantitative estimate of drug-likeness (QED) is 0.479. The number of hydrogen-bond donors (Lipinski definition) is 1. The number of amides is 1. The van der Waals surface area contributed by atoms with Crippen LogP contribution < -0.4 is 5.73 Å². The fraction of sp³-hybridized carbons (Fsp3) is 0.714. The van der Waals surface area contributed by atoms with Crippen molar-refractivity contribution in [3.05, 3.63) is 0 Å². The Balaban J connectivity index is 3.99. The van der Waals surface area contributed by atoms with Gasteiger partial charge in [0.25, 0.3) is 0 Å². The molecule has 0 unspecified atom stereocenters. The average molecular weight is 158 g/mol. The lowest BCUT2D eigenvalue weighted by molar-refractivity contribution is -0.119. The molecule has 0 aliphatic carbocycles. The lowest BCUT2D eigenvalue weighted by Gasteiger charge is -2.15. The minimum Gasteiger partial charge on any atom is -0.399 e. The van der Waals surface area contributed by atoms with Gasteiger partial charge in [-0.2, -0.15) is 0 Å². The Hall–Kier alpha value is -1.06. The van der Waals surface area contributed by atoms with E-state index < -0.39 is 0 Å². The lowest BCUT2D eigenvalue weighted by Crippen LogP contribution is -2.23. The van der Waals surface area contributed by atoms with E-state index in [1.807, 2.05) is 13.8 Å². The van der Waals surface area contributed by atoms with E-state index in [1.165, 1.54) is 7.11 Å². The third kappa shape index (κ3) is 5.39. The van der Waals surface area contributed by atoms with Crippen LogP contribution in [-0.4, -0.2) is 19.2 Å². The zero-order valence-electron chi connectivity index (χ0n) is 7.13. The number of primary amides is 1. The standard InChI is InChI=1S/C7H14N2O2/c1-7(2,4-6(8)10)5-9-11-3/h5H,4H2,1-3H3,(H2,8,10).